The van der Waals surface area contributed by atoms with Crippen LogP contribution in [-0.4, -0.2) is 60.8 Å². The van der Waals surface area contributed by atoms with Crippen molar-refractivity contribution in [3.8, 4) is 0 Å². The first-order valence-corrected chi connectivity index (χ1v) is 11.5. The molecular weight excluding hydrogens is 444 g/mol. The minimum Gasteiger partial charge on any atom is -0.379 e. The van der Waals surface area contributed by atoms with Crippen LogP contribution >= 0.6 is 11.6 Å². The normalized spacial score (nSPS) is 15.2. The van der Waals surface area contributed by atoms with Gasteiger partial charge in [-0.15, -0.1) is 0 Å². The zero-order valence-corrected chi connectivity index (χ0v) is 19.8. The molecule has 9 nitrogen and oxygen atoms in total. The summed E-state index contributed by atoms with van der Waals surface area (Å²) in [5, 5.41) is 0.564. The summed E-state index contributed by atoms with van der Waals surface area (Å²) in [6.07, 6.45) is 0. The van der Waals surface area contributed by atoms with Gasteiger partial charge in [0.2, 0.25) is 5.78 Å². The molecule has 0 radical (unpaired) electrons. The Hall–Kier alpha value is -2.88. The molecule has 1 aliphatic heterocycles. The molecule has 5 rings (SSSR count). The summed E-state index contributed by atoms with van der Waals surface area (Å²) in [7, 11) is 1.66. The third-order valence-corrected chi connectivity index (χ3v) is 6.84. The molecule has 1 fully saturated rings. The van der Waals surface area contributed by atoms with Crippen LogP contribution in [0, 0.1) is 13.8 Å². The number of imidazole rings is 2. The summed E-state index contributed by atoms with van der Waals surface area (Å²) < 4.78 is 12.2. The van der Waals surface area contributed by atoms with Gasteiger partial charge in [-0.05, 0) is 31.5 Å². The third kappa shape index (κ3) is 3.70. The Bertz CT molecular complexity index is 1470. The van der Waals surface area contributed by atoms with E-state index in [9.17, 15) is 9.59 Å². The van der Waals surface area contributed by atoms with Gasteiger partial charge in [0, 0.05) is 49.6 Å². The predicted octanol–water partition coefficient (Wildman–Crippen LogP) is 1.80. The largest absolute Gasteiger partial charge is 0.379 e. The van der Waals surface area contributed by atoms with Crippen LogP contribution in [0.25, 0.3) is 16.9 Å². The highest BCUT2D eigenvalue weighted by Gasteiger charge is 2.23. The van der Waals surface area contributed by atoms with Crippen molar-refractivity contribution in [2.24, 2.45) is 7.05 Å². The number of rotatable bonds is 5. The molecule has 4 aromatic rings. The number of fused-ring (bicyclic) bond motifs is 3. The molecule has 0 N–H and O–H groups in total. The van der Waals surface area contributed by atoms with E-state index in [0.717, 1.165) is 56.3 Å². The van der Waals surface area contributed by atoms with Gasteiger partial charge in [-0.2, -0.15) is 4.98 Å². The molecule has 33 heavy (non-hydrogen) atoms. The molecule has 0 spiro atoms. The van der Waals surface area contributed by atoms with E-state index in [-0.39, 0.29) is 12.1 Å². The van der Waals surface area contributed by atoms with Crippen LogP contribution in [0.15, 0.2) is 33.9 Å². The third-order valence-electron chi connectivity index (χ3n) is 6.60. The van der Waals surface area contributed by atoms with Crippen LogP contribution in [0.1, 0.15) is 17.0 Å². The first kappa shape index (κ1) is 21.9. The van der Waals surface area contributed by atoms with Crippen molar-refractivity contribution in [1.82, 2.24) is 28.0 Å². The van der Waals surface area contributed by atoms with Gasteiger partial charge in [0.15, 0.2) is 11.2 Å². The smallest absolute Gasteiger partial charge is 0.332 e. The van der Waals surface area contributed by atoms with E-state index in [1.54, 1.807) is 19.2 Å². The second-order valence-corrected chi connectivity index (χ2v) is 9.00. The lowest BCUT2D eigenvalue weighted by atomic mass is 10.2. The fourth-order valence-corrected chi connectivity index (χ4v) is 4.82. The van der Waals surface area contributed by atoms with Gasteiger partial charge in [0.25, 0.3) is 5.56 Å². The minimum atomic E-state index is -0.400. The molecule has 10 heteroatoms. The number of nitrogens with zero attached hydrogens (tertiary/aromatic N) is 6. The number of ether oxygens (including phenoxy) is 1. The molecule has 0 atom stereocenters. The van der Waals surface area contributed by atoms with Crippen molar-refractivity contribution in [2.75, 3.05) is 32.8 Å². The van der Waals surface area contributed by atoms with Gasteiger partial charge in [-0.3, -0.25) is 23.2 Å². The van der Waals surface area contributed by atoms with Crippen LogP contribution in [0.4, 0.5) is 0 Å². The number of halogens is 1. The zero-order chi connectivity index (χ0) is 23.3. The molecule has 174 valence electrons. The van der Waals surface area contributed by atoms with Crippen LogP contribution in [0.5, 0.6) is 0 Å². The number of hydrogen-bond acceptors (Lipinski definition) is 5. The molecule has 1 aromatic carbocycles. The Labute approximate surface area is 195 Å². The lowest BCUT2D eigenvalue weighted by Crippen LogP contribution is -2.39. The molecule has 0 unspecified atom stereocenters. The van der Waals surface area contributed by atoms with Crippen molar-refractivity contribution in [2.45, 2.75) is 26.9 Å². The van der Waals surface area contributed by atoms with Gasteiger partial charge in [0.05, 0.1) is 19.8 Å². The van der Waals surface area contributed by atoms with Crippen LogP contribution in [0.2, 0.25) is 5.02 Å². The van der Waals surface area contributed by atoms with Crippen LogP contribution in [0.3, 0.4) is 0 Å². The van der Waals surface area contributed by atoms with E-state index in [0.29, 0.717) is 22.0 Å². The molecular formula is C23H27ClN6O3. The van der Waals surface area contributed by atoms with Gasteiger partial charge >= 0.3 is 5.69 Å². The highest BCUT2D eigenvalue weighted by molar-refractivity contribution is 6.30. The second kappa shape index (κ2) is 8.48. The highest BCUT2D eigenvalue weighted by Crippen LogP contribution is 2.21. The molecule has 3 aromatic heterocycles. The molecule has 0 bridgehead atoms. The summed E-state index contributed by atoms with van der Waals surface area (Å²) >= 11 is 6.11. The number of morpholine rings is 1. The van der Waals surface area contributed by atoms with E-state index in [4.69, 9.17) is 21.3 Å². The average Bonchev–Trinajstić information content (AvgIpc) is 3.30. The minimum absolute atomic E-state index is 0.144. The van der Waals surface area contributed by atoms with Crippen molar-refractivity contribution >= 4 is 28.5 Å². The number of aromatic nitrogens is 5. The Kier molecular flexibility index (Phi) is 5.64. The molecule has 1 saturated heterocycles. The van der Waals surface area contributed by atoms with Gasteiger partial charge in [-0.25, -0.2) is 4.79 Å². The number of aryl methyl sites for hydroxylation is 2. The topological polar surface area (TPSA) is 78.7 Å². The maximum atomic E-state index is 13.6. The fraction of sp³-hybridized carbons (Fsp3) is 0.435. The van der Waals surface area contributed by atoms with E-state index >= 15 is 0 Å². The summed E-state index contributed by atoms with van der Waals surface area (Å²) in [4.78, 5) is 33.8. The van der Waals surface area contributed by atoms with E-state index in [1.165, 1.54) is 9.13 Å². The Morgan fingerprint density at radius 2 is 1.82 bits per heavy atom. The fourth-order valence-electron chi connectivity index (χ4n) is 4.61. The zero-order valence-electron chi connectivity index (χ0n) is 19.0. The monoisotopic (exact) mass is 470 g/mol. The molecule has 0 amide bonds. The van der Waals surface area contributed by atoms with Gasteiger partial charge in [0.1, 0.15) is 0 Å². The molecule has 0 aliphatic carbocycles. The predicted molar refractivity (Wildman–Crippen MR) is 127 cm³/mol. The van der Waals surface area contributed by atoms with Crippen LogP contribution < -0.4 is 11.2 Å². The Morgan fingerprint density at radius 3 is 2.55 bits per heavy atom. The Morgan fingerprint density at radius 1 is 1.06 bits per heavy atom. The van der Waals surface area contributed by atoms with Crippen molar-refractivity contribution in [1.29, 1.82) is 0 Å². The number of hydrogen-bond donors (Lipinski definition) is 0. The standard InChI is InChI=1S/C23H27ClN6O3/c1-15-16(2)30-19-20(25-22(30)28(15)8-7-27-9-11-33-12-10-27)26(3)23(32)29(21(19)31)14-17-5-4-6-18(24)13-17/h4-6,13H,7-12,14H2,1-3H3. The lowest BCUT2D eigenvalue weighted by Gasteiger charge is -2.26. The Balaban J connectivity index is 1.64. The first-order valence-electron chi connectivity index (χ1n) is 11.1. The number of benzene rings is 1. The second-order valence-electron chi connectivity index (χ2n) is 8.56. The summed E-state index contributed by atoms with van der Waals surface area (Å²) in [6.45, 7) is 9.12. The summed E-state index contributed by atoms with van der Waals surface area (Å²) in [6, 6.07) is 7.19. The molecule has 4 heterocycles. The van der Waals surface area contributed by atoms with E-state index in [1.807, 2.05) is 30.4 Å². The van der Waals surface area contributed by atoms with Crippen LogP contribution in [-0.2, 0) is 24.9 Å². The average molecular weight is 471 g/mol. The van der Waals surface area contributed by atoms with E-state index in [2.05, 4.69) is 9.47 Å². The molecule has 1 aliphatic rings. The van der Waals surface area contributed by atoms with Crippen molar-refractivity contribution in [3.63, 3.8) is 0 Å². The SMILES string of the molecule is Cc1c(C)n2c3c(=O)n(Cc4cccc(Cl)c4)c(=O)n(C)c3nc2n1CCN1CCOCC1. The summed E-state index contributed by atoms with van der Waals surface area (Å²) in [5.74, 6) is 0.681. The highest BCUT2D eigenvalue weighted by atomic mass is 35.5. The maximum absolute atomic E-state index is 13.6. The van der Waals surface area contributed by atoms with E-state index < -0.39 is 5.69 Å². The van der Waals surface area contributed by atoms with Crippen molar-refractivity contribution < 1.29 is 4.74 Å². The molecule has 0 saturated carbocycles. The van der Waals surface area contributed by atoms with Gasteiger partial charge < -0.3 is 9.30 Å². The lowest BCUT2D eigenvalue weighted by molar-refractivity contribution is 0.0364. The summed E-state index contributed by atoms with van der Waals surface area (Å²) in [5.41, 5.74) is 2.85. The van der Waals surface area contributed by atoms with Gasteiger partial charge in [-0.1, -0.05) is 23.7 Å². The van der Waals surface area contributed by atoms with Crippen molar-refractivity contribution in [3.05, 3.63) is 67.1 Å². The quantitative estimate of drug-likeness (QED) is 0.444. The maximum Gasteiger partial charge on any atom is 0.332 e. The first-order chi connectivity index (χ1) is 15.9.